The summed E-state index contributed by atoms with van der Waals surface area (Å²) < 4.78 is 5.87. The van der Waals surface area contributed by atoms with Crippen LogP contribution in [0.2, 0.25) is 0 Å². The van der Waals surface area contributed by atoms with Gasteiger partial charge in [-0.1, -0.05) is 12.1 Å². The maximum Gasteiger partial charge on any atom is 0.132 e. The molecule has 3 aromatic rings. The minimum atomic E-state index is 0.174. The van der Waals surface area contributed by atoms with E-state index in [2.05, 4.69) is 51.9 Å². The second kappa shape index (κ2) is 7.81. The first-order chi connectivity index (χ1) is 15.0. The Balaban J connectivity index is 1.48. The number of hydrogen-bond acceptors (Lipinski definition) is 7. The number of hydrogen-bond donors (Lipinski definition) is 0. The molecule has 1 fully saturated rings. The smallest absolute Gasteiger partial charge is 0.132 e. The van der Waals surface area contributed by atoms with Gasteiger partial charge in [-0.2, -0.15) is 0 Å². The van der Waals surface area contributed by atoms with Gasteiger partial charge in [-0.25, -0.2) is 15.0 Å². The van der Waals surface area contributed by atoms with Crippen LogP contribution >= 0.6 is 0 Å². The summed E-state index contributed by atoms with van der Waals surface area (Å²) in [7, 11) is 0. The van der Waals surface area contributed by atoms with Crippen LogP contribution in [0.5, 0.6) is 0 Å². The van der Waals surface area contributed by atoms with E-state index in [0.717, 1.165) is 58.5 Å². The number of anilines is 1. The molecule has 0 spiro atoms. The first-order valence-electron chi connectivity index (χ1n) is 10.7. The average Bonchev–Trinajstić information content (AvgIpc) is 3.18. The van der Waals surface area contributed by atoms with E-state index >= 15 is 0 Å². The molecule has 31 heavy (non-hydrogen) atoms. The van der Waals surface area contributed by atoms with Crippen molar-refractivity contribution in [1.82, 2.24) is 19.9 Å². The van der Waals surface area contributed by atoms with E-state index in [0.29, 0.717) is 6.54 Å². The van der Waals surface area contributed by atoms with E-state index in [1.165, 1.54) is 5.56 Å². The van der Waals surface area contributed by atoms with Gasteiger partial charge in [0.1, 0.15) is 12.1 Å². The van der Waals surface area contributed by atoms with Crippen molar-refractivity contribution in [3.05, 3.63) is 65.0 Å². The molecule has 1 saturated heterocycles. The highest BCUT2D eigenvalue weighted by Gasteiger charge is 2.25. The summed E-state index contributed by atoms with van der Waals surface area (Å²) in [5, 5.41) is 0. The van der Waals surface area contributed by atoms with Crippen molar-refractivity contribution in [2.75, 3.05) is 18.0 Å². The van der Waals surface area contributed by atoms with Crippen molar-refractivity contribution in [3.8, 4) is 11.3 Å². The standard InChI is InChI=1S/C24H26N6O/c1-14-11-30(12-15(2)31-14)23-8-21(27-13-28-23)24-20-7-18(5-6-19(20)9-26-24)22-10-25-16(3)17(4)29-22/h5-8,10,13-15H,9,11-12H2,1-4H3/t14-,15+. The number of aryl methyl sites for hydroxylation is 2. The molecular formula is C24H26N6O. The highest BCUT2D eigenvalue weighted by Crippen LogP contribution is 2.28. The molecule has 7 nitrogen and oxygen atoms in total. The van der Waals surface area contributed by atoms with Crippen LogP contribution in [0.1, 0.15) is 42.1 Å². The Bertz CT molecular complexity index is 1160. The molecule has 4 heterocycles. The summed E-state index contributed by atoms with van der Waals surface area (Å²) in [6.07, 6.45) is 3.82. The van der Waals surface area contributed by atoms with Crippen molar-refractivity contribution in [1.29, 1.82) is 0 Å². The van der Waals surface area contributed by atoms with E-state index in [9.17, 15) is 0 Å². The quantitative estimate of drug-likeness (QED) is 0.653. The van der Waals surface area contributed by atoms with Crippen LogP contribution in [-0.4, -0.2) is 50.9 Å². The summed E-state index contributed by atoms with van der Waals surface area (Å²) in [4.78, 5) is 25.3. The molecule has 0 saturated carbocycles. The molecule has 0 radical (unpaired) electrons. The molecule has 1 aromatic carbocycles. The molecule has 0 amide bonds. The van der Waals surface area contributed by atoms with Crippen LogP contribution < -0.4 is 4.90 Å². The van der Waals surface area contributed by atoms with Gasteiger partial charge in [0.15, 0.2) is 0 Å². The van der Waals surface area contributed by atoms with Crippen molar-refractivity contribution in [2.45, 2.75) is 46.4 Å². The van der Waals surface area contributed by atoms with Gasteiger partial charge >= 0.3 is 0 Å². The monoisotopic (exact) mass is 414 g/mol. The Morgan fingerprint density at radius 1 is 0.935 bits per heavy atom. The van der Waals surface area contributed by atoms with Gasteiger partial charge in [0.25, 0.3) is 0 Å². The van der Waals surface area contributed by atoms with Crippen molar-refractivity contribution in [2.24, 2.45) is 4.99 Å². The number of fused-ring (bicyclic) bond motifs is 1. The predicted octanol–water partition coefficient (Wildman–Crippen LogP) is 3.52. The van der Waals surface area contributed by atoms with Crippen molar-refractivity contribution >= 4 is 11.5 Å². The zero-order chi connectivity index (χ0) is 21.5. The second-order valence-electron chi connectivity index (χ2n) is 8.39. The molecule has 2 aromatic heterocycles. The number of aliphatic imine (C=N–C) groups is 1. The van der Waals surface area contributed by atoms with E-state index in [1.54, 1.807) is 6.33 Å². The van der Waals surface area contributed by atoms with Crippen molar-refractivity contribution < 1.29 is 4.74 Å². The van der Waals surface area contributed by atoms with Crippen molar-refractivity contribution in [3.63, 3.8) is 0 Å². The minimum absolute atomic E-state index is 0.174. The van der Waals surface area contributed by atoms with Gasteiger partial charge in [-0.3, -0.25) is 9.98 Å². The third kappa shape index (κ3) is 3.81. The highest BCUT2D eigenvalue weighted by molar-refractivity contribution is 6.14. The number of aromatic nitrogens is 4. The molecular weight excluding hydrogens is 388 g/mol. The second-order valence-corrected chi connectivity index (χ2v) is 8.39. The van der Waals surface area contributed by atoms with E-state index in [1.807, 2.05) is 26.1 Å². The van der Waals surface area contributed by atoms with Crippen LogP contribution in [0.3, 0.4) is 0 Å². The molecule has 2 aliphatic heterocycles. The largest absolute Gasteiger partial charge is 0.372 e. The Kier molecular flexibility index (Phi) is 4.98. The van der Waals surface area contributed by atoms with Crippen LogP contribution in [0.15, 0.2) is 41.8 Å². The van der Waals surface area contributed by atoms with Gasteiger partial charge in [0.2, 0.25) is 0 Å². The number of benzene rings is 1. The Morgan fingerprint density at radius 2 is 1.74 bits per heavy atom. The lowest BCUT2D eigenvalue weighted by Gasteiger charge is -2.36. The third-order valence-corrected chi connectivity index (χ3v) is 5.90. The number of nitrogens with zero attached hydrogens (tertiary/aromatic N) is 6. The van der Waals surface area contributed by atoms with Crippen LogP contribution in [0.25, 0.3) is 11.3 Å². The number of ether oxygens (including phenoxy) is 1. The summed E-state index contributed by atoms with van der Waals surface area (Å²) in [6, 6.07) is 8.42. The fraction of sp³-hybridized carbons (Fsp3) is 0.375. The zero-order valence-electron chi connectivity index (χ0n) is 18.3. The fourth-order valence-electron chi connectivity index (χ4n) is 4.26. The summed E-state index contributed by atoms with van der Waals surface area (Å²) in [6.45, 7) is 10.5. The lowest BCUT2D eigenvalue weighted by molar-refractivity contribution is -0.00546. The molecule has 2 atom stereocenters. The topological polar surface area (TPSA) is 76.4 Å². The Morgan fingerprint density at radius 3 is 2.52 bits per heavy atom. The van der Waals surface area contributed by atoms with Gasteiger partial charge in [0, 0.05) is 30.3 Å². The summed E-state index contributed by atoms with van der Waals surface area (Å²) in [5.74, 6) is 0.916. The first-order valence-corrected chi connectivity index (χ1v) is 10.7. The molecule has 5 rings (SSSR count). The van der Waals surface area contributed by atoms with E-state index in [4.69, 9.17) is 14.7 Å². The van der Waals surface area contributed by atoms with Gasteiger partial charge in [0.05, 0.1) is 53.4 Å². The third-order valence-electron chi connectivity index (χ3n) is 5.90. The number of rotatable bonds is 3. The van der Waals surface area contributed by atoms with Gasteiger partial charge in [-0.15, -0.1) is 0 Å². The Hall–Kier alpha value is -3.19. The summed E-state index contributed by atoms with van der Waals surface area (Å²) >= 11 is 0. The maximum atomic E-state index is 5.87. The van der Waals surface area contributed by atoms with E-state index in [-0.39, 0.29) is 12.2 Å². The fourth-order valence-corrected chi connectivity index (χ4v) is 4.26. The first kappa shape index (κ1) is 19.8. The number of morpholine rings is 1. The SMILES string of the molecule is Cc1ncc(-c2ccc3c(c2)C(c2cc(N4C[C@@H](C)O[C@@H](C)C4)ncn2)=NC3)nc1C. The molecule has 0 aliphatic carbocycles. The predicted molar refractivity (Wildman–Crippen MR) is 121 cm³/mol. The molecule has 0 N–H and O–H groups in total. The van der Waals surface area contributed by atoms with Crippen LogP contribution in [0, 0.1) is 13.8 Å². The maximum absolute atomic E-state index is 5.87. The van der Waals surface area contributed by atoms with Gasteiger partial charge in [-0.05, 0) is 39.3 Å². The van der Waals surface area contributed by atoms with Crippen LogP contribution in [-0.2, 0) is 11.3 Å². The normalized spacial score (nSPS) is 20.5. The molecule has 0 bridgehead atoms. The summed E-state index contributed by atoms with van der Waals surface area (Å²) in [5.41, 5.74) is 7.86. The molecule has 7 heteroatoms. The minimum Gasteiger partial charge on any atom is -0.372 e. The molecule has 0 unspecified atom stereocenters. The van der Waals surface area contributed by atoms with Gasteiger partial charge < -0.3 is 9.64 Å². The van der Waals surface area contributed by atoms with Crippen LogP contribution in [0.4, 0.5) is 5.82 Å². The lowest BCUT2D eigenvalue weighted by Crippen LogP contribution is -2.45. The average molecular weight is 415 g/mol. The molecule has 2 aliphatic rings. The van der Waals surface area contributed by atoms with E-state index < -0.39 is 0 Å². The zero-order valence-corrected chi connectivity index (χ0v) is 18.3. The Labute approximate surface area is 182 Å². The highest BCUT2D eigenvalue weighted by atomic mass is 16.5. The lowest BCUT2D eigenvalue weighted by atomic mass is 9.99. The molecule has 158 valence electrons.